The van der Waals surface area contributed by atoms with Gasteiger partial charge in [-0.15, -0.1) is 0 Å². The van der Waals surface area contributed by atoms with Gasteiger partial charge in [0.2, 0.25) is 0 Å². The SMILES string of the molecule is CCc1c(C)c(C)c(C#Cc2c(C)c(C)c(CC)c(C)c2C)c(C)c1C. The maximum atomic E-state index is 3.55. The highest BCUT2D eigenvalue weighted by molar-refractivity contribution is 5.61. The zero-order chi connectivity index (χ0) is 19.8. The van der Waals surface area contributed by atoms with E-state index in [2.05, 4.69) is 81.1 Å². The molecule has 0 nitrogen and oxygen atoms in total. The molecule has 0 unspecified atom stereocenters. The van der Waals surface area contributed by atoms with E-state index >= 15 is 0 Å². The smallest absolute Gasteiger partial charge is 0.0312 e. The Morgan fingerprint density at radius 1 is 0.423 bits per heavy atom. The predicted octanol–water partition coefficient (Wildman–Crippen LogP) is 6.68. The second-order valence-electron chi connectivity index (χ2n) is 7.66. The topological polar surface area (TPSA) is 0 Å². The van der Waals surface area contributed by atoms with Crippen LogP contribution in [0.5, 0.6) is 0 Å². The van der Waals surface area contributed by atoms with Crippen LogP contribution in [-0.2, 0) is 12.8 Å². The normalized spacial score (nSPS) is 10.7. The molecular formula is C26H34. The third-order valence-corrected chi connectivity index (χ3v) is 6.58. The fourth-order valence-electron chi connectivity index (χ4n) is 4.34. The molecule has 0 aromatic heterocycles. The highest BCUT2D eigenvalue weighted by Crippen LogP contribution is 2.28. The fraction of sp³-hybridized carbons (Fsp3) is 0.462. The van der Waals surface area contributed by atoms with Crippen LogP contribution in [0.1, 0.15) is 80.6 Å². The van der Waals surface area contributed by atoms with Crippen molar-refractivity contribution in [3.8, 4) is 11.8 Å². The molecule has 0 fully saturated rings. The van der Waals surface area contributed by atoms with E-state index in [0.717, 1.165) is 12.8 Å². The van der Waals surface area contributed by atoms with E-state index in [9.17, 15) is 0 Å². The highest BCUT2D eigenvalue weighted by Gasteiger charge is 2.14. The lowest BCUT2D eigenvalue weighted by Gasteiger charge is -2.18. The van der Waals surface area contributed by atoms with Crippen LogP contribution < -0.4 is 0 Å². The van der Waals surface area contributed by atoms with Gasteiger partial charge in [-0.25, -0.2) is 0 Å². The molecule has 0 atom stereocenters. The number of benzene rings is 2. The third kappa shape index (κ3) is 3.21. The first-order valence-corrected chi connectivity index (χ1v) is 9.87. The zero-order valence-electron chi connectivity index (χ0n) is 18.4. The number of hydrogen-bond donors (Lipinski definition) is 0. The lowest BCUT2D eigenvalue weighted by molar-refractivity contribution is 1.04. The van der Waals surface area contributed by atoms with Gasteiger partial charge in [-0.3, -0.25) is 0 Å². The summed E-state index contributed by atoms with van der Waals surface area (Å²) in [4.78, 5) is 0. The minimum Gasteiger partial charge on any atom is -0.0613 e. The molecule has 2 aromatic rings. The van der Waals surface area contributed by atoms with Crippen molar-refractivity contribution in [2.75, 3.05) is 0 Å². The van der Waals surface area contributed by atoms with Crippen LogP contribution in [0.2, 0.25) is 0 Å². The van der Waals surface area contributed by atoms with Gasteiger partial charge in [0.1, 0.15) is 0 Å². The molecule has 0 aliphatic heterocycles. The monoisotopic (exact) mass is 346 g/mol. The largest absolute Gasteiger partial charge is 0.0613 e. The van der Waals surface area contributed by atoms with E-state index in [1.807, 2.05) is 0 Å². The molecular weight excluding hydrogens is 312 g/mol. The maximum absolute atomic E-state index is 3.55. The summed E-state index contributed by atoms with van der Waals surface area (Å²) in [6.45, 7) is 22.4. The van der Waals surface area contributed by atoms with Crippen molar-refractivity contribution >= 4 is 0 Å². The molecule has 0 bridgehead atoms. The Labute approximate surface area is 161 Å². The van der Waals surface area contributed by atoms with Crippen LogP contribution in [0.4, 0.5) is 0 Å². The molecule has 26 heavy (non-hydrogen) atoms. The molecule has 0 heteroatoms. The summed E-state index contributed by atoms with van der Waals surface area (Å²) < 4.78 is 0. The minimum absolute atomic E-state index is 1.09. The predicted molar refractivity (Wildman–Crippen MR) is 116 cm³/mol. The first kappa shape index (κ1) is 20.3. The molecule has 0 saturated carbocycles. The fourth-order valence-corrected chi connectivity index (χ4v) is 4.34. The van der Waals surface area contributed by atoms with E-state index in [1.165, 1.54) is 66.8 Å². The Hall–Kier alpha value is -2.00. The lowest BCUT2D eigenvalue weighted by Crippen LogP contribution is -2.04. The molecule has 2 aromatic carbocycles. The first-order chi connectivity index (χ1) is 12.2. The molecule has 0 radical (unpaired) electrons. The highest BCUT2D eigenvalue weighted by atomic mass is 14.2. The van der Waals surface area contributed by atoms with Crippen molar-refractivity contribution in [2.24, 2.45) is 0 Å². The van der Waals surface area contributed by atoms with Gasteiger partial charge in [0.25, 0.3) is 0 Å². The quantitative estimate of drug-likeness (QED) is 0.532. The second-order valence-corrected chi connectivity index (χ2v) is 7.66. The average molecular weight is 347 g/mol. The van der Waals surface area contributed by atoms with Gasteiger partial charge in [0.15, 0.2) is 0 Å². The summed E-state index contributed by atoms with van der Waals surface area (Å²) in [6, 6.07) is 0. The minimum atomic E-state index is 1.09. The van der Waals surface area contributed by atoms with Gasteiger partial charge in [0.05, 0.1) is 0 Å². The van der Waals surface area contributed by atoms with Crippen LogP contribution in [0.3, 0.4) is 0 Å². The first-order valence-electron chi connectivity index (χ1n) is 9.87. The lowest BCUT2D eigenvalue weighted by atomic mass is 9.86. The van der Waals surface area contributed by atoms with Gasteiger partial charge in [-0.2, -0.15) is 0 Å². The van der Waals surface area contributed by atoms with Crippen molar-refractivity contribution in [1.82, 2.24) is 0 Å². The van der Waals surface area contributed by atoms with E-state index in [4.69, 9.17) is 0 Å². The number of hydrogen-bond acceptors (Lipinski definition) is 0. The standard InChI is InChI=1S/C26H34/c1-11-23-15(3)19(7)25(20(8)16(23)4)13-14-26-21(9)17(5)24(12-2)18(6)22(26)10/h11-12H2,1-10H3. The van der Waals surface area contributed by atoms with Crippen LogP contribution in [0.25, 0.3) is 0 Å². The average Bonchev–Trinajstić information content (AvgIpc) is 2.62. The molecule has 0 N–H and O–H groups in total. The Kier molecular flexibility index (Phi) is 6.02. The van der Waals surface area contributed by atoms with Gasteiger partial charge in [-0.1, -0.05) is 25.7 Å². The van der Waals surface area contributed by atoms with Gasteiger partial charge in [-0.05, 0) is 124 Å². The summed E-state index contributed by atoms with van der Waals surface area (Å²) in [5.41, 5.74) is 16.4. The summed E-state index contributed by atoms with van der Waals surface area (Å²) in [6.07, 6.45) is 2.17. The summed E-state index contributed by atoms with van der Waals surface area (Å²) >= 11 is 0. The van der Waals surface area contributed by atoms with Crippen LogP contribution >= 0.6 is 0 Å². The van der Waals surface area contributed by atoms with E-state index in [-0.39, 0.29) is 0 Å². The Morgan fingerprint density at radius 3 is 0.846 bits per heavy atom. The Bertz CT molecular complexity index is 794. The molecule has 0 amide bonds. The van der Waals surface area contributed by atoms with Crippen molar-refractivity contribution in [3.63, 3.8) is 0 Å². The number of rotatable bonds is 2. The van der Waals surface area contributed by atoms with Gasteiger partial charge < -0.3 is 0 Å². The molecule has 0 aliphatic carbocycles. The summed E-state index contributed by atoms with van der Waals surface area (Å²) in [5.74, 6) is 7.11. The maximum Gasteiger partial charge on any atom is 0.0312 e. The van der Waals surface area contributed by atoms with Gasteiger partial charge >= 0.3 is 0 Å². The summed E-state index contributed by atoms with van der Waals surface area (Å²) in [5, 5.41) is 0. The Morgan fingerprint density at radius 2 is 0.654 bits per heavy atom. The van der Waals surface area contributed by atoms with Crippen LogP contribution in [-0.4, -0.2) is 0 Å². The molecule has 0 heterocycles. The van der Waals surface area contributed by atoms with Crippen LogP contribution in [0, 0.1) is 67.2 Å². The molecule has 0 spiro atoms. The molecule has 138 valence electrons. The zero-order valence-corrected chi connectivity index (χ0v) is 18.4. The molecule has 2 rings (SSSR count). The van der Waals surface area contributed by atoms with E-state index in [0.29, 0.717) is 0 Å². The van der Waals surface area contributed by atoms with Crippen molar-refractivity contribution in [3.05, 3.63) is 66.8 Å². The third-order valence-electron chi connectivity index (χ3n) is 6.58. The van der Waals surface area contributed by atoms with E-state index < -0.39 is 0 Å². The molecule has 0 saturated heterocycles. The van der Waals surface area contributed by atoms with Crippen LogP contribution in [0.15, 0.2) is 0 Å². The van der Waals surface area contributed by atoms with E-state index in [1.54, 1.807) is 0 Å². The van der Waals surface area contributed by atoms with Gasteiger partial charge in [0, 0.05) is 11.1 Å². The van der Waals surface area contributed by atoms with Crippen molar-refractivity contribution in [1.29, 1.82) is 0 Å². The molecule has 0 aliphatic rings. The summed E-state index contributed by atoms with van der Waals surface area (Å²) in [7, 11) is 0. The van der Waals surface area contributed by atoms with Crippen molar-refractivity contribution in [2.45, 2.75) is 82.1 Å². The van der Waals surface area contributed by atoms with Crippen molar-refractivity contribution < 1.29 is 0 Å². The Balaban J connectivity index is 2.73. The second kappa shape index (κ2) is 7.71.